The van der Waals surface area contributed by atoms with Crippen LogP contribution in [-0.2, 0) is 24.4 Å². The van der Waals surface area contributed by atoms with Crippen LogP contribution in [0.15, 0.2) is 83.9 Å². The summed E-state index contributed by atoms with van der Waals surface area (Å²) in [7, 11) is 0. The molecular weight excluding hydrogens is 653 g/mol. The van der Waals surface area contributed by atoms with Crippen LogP contribution in [0, 0.1) is 18.3 Å². The fourth-order valence-corrected chi connectivity index (χ4v) is 7.76. The van der Waals surface area contributed by atoms with Crippen LogP contribution in [0.25, 0.3) is 22.2 Å². The summed E-state index contributed by atoms with van der Waals surface area (Å²) in [4.78, 5) is 18.1. The first-order valence-electron chi connectivity index (χ1n) is 18.6. The summed E-state index contributed by atoms with van der Waals surface area (Å²) in [6.07, 6.45) is 12.3. The number of carbonyl (C=O) groups is 1. The highest BCUT2D eigenvalue weighted by atomic mass is 32.2. The maximum Gasteiger partial charge on any atom is 0.309 e. The van der Waals surface area contributed by atoms with Crippen LogP contribution in [0.5, 0.6) is 5.75 Å². The van der Waals surface area contributed by atoms with E-state index in [2.05, 4.69) is 70.0 Å². The van der Waals surface area contributed by atoms with E-state index in [1.54, 1.807) is 6.20 Å². The van der Waals surface area contributed by atoms with Crippen molar-refractivity contribution in [2.75, 3.05) is 5.75 Å². The van der Waals surface area contributed by atoms with E-state index in [1.165, 1.54) is 44.9 Å². The van der Waals surface area contributed by atoms with Gasteiger partial charge in [-0.25, -0.2) is 0 Å². The molecule has 0 saturated carbocycles. The second-order valence-electron chi connectivity index (χ2n) is 14.4. The van der Waals surface area contributed by atoms with E-state index in [-0.39, 0.29) is 0 Å². The molecule has 1 N–H and O–H groups in total. The minimum atomic E-state index is -0.945. The van der Waals surface area contributed by atoms with Crippen molar-refractivity contribution in [1.29, 1.82) is 0 Å². The molecule has 0 fully saturated rings. The number of rotatable bonds is 20. The van der Waals surface area contributed by atoms with Crippen LogP contribution in [0.2, 0.25) is 0 Å². The molecule has 0 spiro atoms. The van der Waals surface area contributed by atoms with E-state index in [0.717, 1.165) is 73.5 Å². The van der Waals surface area contributed by atoms with Gasteiger partial charge in [-0.3, -0.25) is 9.78 Å². The van der Waals surface area contributed by atoms with E-state index >= 15 is 0 Å². The Labute approximate surface area is 308 Å². The Balaban J connectivity index is 1.50. The number of carboxylic acids is 1. The van der Waals surface area contributed by atoms with E-state index < -0.39 is 11.4 Å². The van der Waals surface area contributed by atoms with Crippen molar-refractivity contribution >= 4 is 28.6 Å². The molecule has 3 aromatic heterocycles. The predicted molar refractivity (Wildman–Crippen MR) is 209 cm³/mol. The quantitative estimate of drug-likeness (QED) is 0.0636. The fraction of sp³-hybridized carbons (Fsp3) is 0.442. The number of pyridine rings is 1. The second-order valence-corrected chi connectivity index (χ2v) is 15.5. The van der Waals surface area contributed by atoms with E-state index in [4.69, 9.17) is 4.74 Å². The zero-order valence-corrected chi connectivity index (χ0v) is 31.8. The number of aromatic nitrogens is 4. The van der Waals surface area contributed by atoms with Crippen molar-refractivity contribution in [2.24, 2.45) is 11.3 Å². The highest BCUT2D eigenvalue weighted by molar-refractivity contribution is 7.99. The normalized spacial score (nSPS) is 11.8. The number of benzene rings is 2. The van der Waals surface area contributed by atoms with Crippen LogP contribution in [0.1, 0.15) is 102 Å². The van der Waals surface area contributed by atoms with Crippen molar-refractivity contribution in [3.63, 3.8) is 0 Å². The lowest BCUT2D eigenvalue weighted by molar-refractivity contribution is -0.146. The standard InChI is InChI=1S/C43H54N4O3S/c1-6-8-13-32(14-9-7-2)15-12-26-51-41-37-27-36(50-30-35-16-10-11-25-44-35)22-24-39(37)47(40(41)28-43(4,5)42(48)49)29-33-18-20-34(21-19-33)38-23-17-31(3)45-46-38/h10-11,16-25,27,32H,6-9,12-15,26,28-30H2,1-5H3,(H,48,49). The van der Waals surface area contributed by atoms with Crippen molar-refractivity contribution in [1.82, 2.24) is 19.7 Å². The summed E-state index contributed by atoms with van der Waals surface area (Å²) in [6, 6.07) is 24.6. The van der Waals surface area contributed by atoms with Gasteiger partial charge in [-0.05, 0) is 93.3 Å². The first-order valence-corrected chi connectivity index (χ1v) is 19.6. The third kappa shape index (κ3) is 10.4. The number of ether oxygens (including phenoxy) is 1. The monoisotopic (exact) mass is 706 g/mol. The summed E-state index contributed by atoms with van der Waals surface area (Å²) in [5.74, 6) is 1.74. The third-order valence-electron chi connectivity index (χ3n) is 9.72. The largest absolute Gasteiger partial charge is 0.487 e. The average molecular weight is 707 g/mol. The number of thioether (sulfide) groups is 1. The summed E-state index contributed by atoms with van der Waals surface area (Å²) in [5, 5.41) is 20.0. The van der Waals surface area contributed by atoms with E-state index in [0.29, 0.717) is 19.6 Å². The lowest BCUT2D eigenvalue weighted by atomic mass is 9.88. The molecule has 0 aliphatic heterocycles. The van der Waals surface area contributed by atoms with Crippen molar-refractivity contribution in [3.8, 4) is 17.0 Å². The van der Waals surface area contributed by atoms with Crippen LogP contribution < -0.4 is 4.74 Å². The van der Waals surface area contributed by atoms with Crippen molar-refractivity contribution in [2.45, 2.75) is 110 Å². The van der Waals surface area contributed by atoms with Crippen LogP contribution in [-0.4, -0.2) is 36.6 Å². The van der Waals surface area contributed by atoms with E-state index in [9.17, 15) is 9.90 Å². The van der Waals surface area contributed by atoms with Crippen molar-refractivity contribution in [3.05, 3.63) is 102 Å². The van der Waals surface area contributed by atoms with Crippen LogP contribution >= 0.6 is 11.8 Å². The highest BCUT2D eigenvalue weighted by Gasteiger charge is 2.32. The van der Waals surface area contributed by atoms with Gasteiger partial charge in [-0.15, -0.1) is 11.8 Å². The number of aliphatic carboxylic acids is 1. The first kappa shape index (κ1) is 38.1. The minimum absolute atomic E-state index is 0.378. The molecule has 0 aliphatic rings. The average Bonchev–Trinajstić information content (AvgIpc) is 3.40. The smallest absolute Gasteiger partial charge is 0.309 e. The van der Waals surface area contributed by atoms with Gasteiger partial charge in [0.05, 0.1) is 22.5 Å². The number of fused-ring (bicyclic) bond motifs is 1. The van der Waals surface area contributed by atoms with Gasteiger partial charge < -0.3 is 14.4 Å². The summed E-state index contributed by atoms with van der Waals surface area (Å²) in [6.45, 7) is 11.2. The van der Waals surface area contributed by atoms with Gasteiger partial charge in [0.1, 0.15) is 12.4 Å². The van der Waals surface area contributed by atoms with Gasteiger partial charge in [0.25, 0.3) is 0 Å². The SMILES string of the molecule is CCCCC(CCCC)CCCSc1c(CC(C)(C)C(=O)O)n(Cc2ccc(-c3ccc(C)nn3)cc2)c2ccc(OCc3ccccn3)cc12. The lowest BCUT2D eigenvalue weighted by Gasteiger charge is -2.22. The molecule has 0 atom stereocenters. The fourth-order valence-electron chi connectivity index (χ4n) is 6.58. The number of aryl methyl sites for hydroxylation is 1. The molecule has 0 amide bonds. The van der Waals surface area contributed by atoms with Gasteiger partial charge in [0.15, 0.2) is 0 Å². The van der Waals surface area contributed by atoms with Gasteiger partial charge in [-0.1, -0.05) is 82.7 Å². The van der Waals surface area contributed by atoms with Crippen LogP contribution in [0.4, 0.5) is 0 Å². The molecule has 0 aliphatic carbocycles. The Morgan fingerprint density at radius 1 is 0.922 bits per heavy atom. The number of unbranched alkanes of at least 4 members (excludes halogenated alkanes) is 2. The number of hydrogen-bond acceptors (Lipinski definition) is 6. The molecule has 270 valence electrons. The Bertz CT molecular complexity index is 1830. The maximum absolute atomic E-state index is 12.5. The molecule has 2 aromatic carbocycles. The molecule has 0 unspecified atom stereocenters. The molecule has 5 aromatic rings. The number of hydrogen-bond donors (Lipinski definition) is 1. The first-order chi connectivity index (χ1) is 24.7. The molecule has 3 heterocycles. The lowest BCUT2D eigenvalue weighted by Crippen LogP contribution is -2.27. The van der Waals surface area contributed by atoms with Gasteiger partial charge in [-0.2, -0.15) is 10.2 Å². The Kier molecular flexibility index (Phi) is 13.7. The Morgan fingerprint density at radius 3 is 2.31 bits per heavy atom. The Hall–Kier alpha value is -4.17. The highest BCUT2D eigenvalue weighted by Crippen LogP contribution is 2.41. The Morgan fingerprint density at radius 2 is 1.67 bits per heavy atom. The van der Waals surface area contributed by atoms with Gasteiger partial charge >= 0.3 is 5.97 Å². The zero-order valence-electron chi connectivity index (χ0n) is 31.0. The van der Waals surface area contributed by atoms with E-state index in [1.807, 2.05) is 68.9 Å². The van der Waals surface area contributed by atoms with Gasteiger partial charge in [0, 0.05) is 46.2 Å². The molecule has 51 heavy (non-hydrogen) atoms. The summed E-state index contributed by atoms with van der Waals surface area (Å²) in [5.41, 5.74) is 5.94. The molecular formula is C43H54N4O3S. The summed E-state index contributed by atoms with van der Waals surface area (Å²) >= 11 is 1.88. The minimum Gasteiger partial charge on any atom is -0.487 e. The zero-order chi connectivity index (χ0) is 36.2. The molecule has 5 rings (SSSR count). The van der Waals surface area contributed by atoms with Gasteiger partial charge in [0.2, 0.25) is 0 Å². The molecule has 7 nitrogen and oxygen atoms in total. The molecule has 0 radical (unpaired) electrons. The van der Waals surface area contributed by atoms with Crippen molar-refractivity contribution < 1.29 is 14.6 Å². The third-order valence-corrected chi connectivity index (χ3v) is 11.0. The predicted octanol–water partition coefficient (Wildman–Crippen LogP) is 11.0. The molecule has 0 bridgehead atoms. The molecule has 0 saturated heterocycles. The molecule has 8 heteroatoms. The number of nitrogens with zero attached hydrogens (tertiary/aromatic N) is 4. The second kappa shape index (κ2) is 18.4. The maximum atomic E-state index is 12.5. The summed E-state index contributed by atoms with van der Waals surface area (Å²) < 4.78 is 8.60. The topological polar surface area (TPSA) is 90.1 Å². The van der Waals surface area contributed by atoms with Crippen LogP contribution in [0.3, 0.4) is 0 Å². The number of carboxylic acid groups (broad SMARTS) is 1.